The summed E-state index contributed by atoms with van der Waals surface area (Å²) >= 11 is 6.25. The number of hydrogen-bond acceptors (Lipinski definition) is 6. The fourth-order valence-electron chi connectivity index (χ4n) is 5.47. The second-order valence-corrected chi connectivity index (χ2v) is 9.73. The Bertz CT molecular complexity index is 1270. The van der Waals surface area contributed by atoms with Gasteiger partial charge < -0.3 is 19.9 Å². The Balaban J connectivity index is 0.00000190. The van der Waals surface area contributed by atoms with E-state index in [9.17, 15) is 9.59 Å². The summed E-state index contributed by atoms with van der Waals surface area (Å²) < 4.78 is 6.66. The van der Waals surface area contributed by atoms with Crippen LogP contribution in [0.5, 0.6) is 0 Å². The highest BCUT2D eigenvalue weighted by Gasteiger charge is 2.41. The maximum atomic E-state index is 13.4. The van der Waals surface area contributed by atoms with Gasteiger partial charge in [-0.1, -0.05) is 35.9 Å². The molecule has 0 radical (unpaired) electrons. The third-order valence-corrected chi connectivity index (χ3v) is 7.73. The SMILES string of the molecule is COC(=O)c1cccc(-c2nnc3n2CCN([C@H]2CC[C@@](CN)(c4cccc(Cl)c4)CC2)C3=O)c1.Cl.Cl. The molecule has 1 saturated carbocycles. The number of benzene rings is 2. The van der Waals surface area contributed by atoms with Gasteiger partial charge in [-0.05, 0) is 55.5 Å². The first-order valence-corrected chi connectivity index (χ1v) is 12.2. The Labute approximate surface area is 233 Å². The number of amides is 1. The minimum absolute atomic E-state index is 0. The number of fused-ring (bicyclic) bond motifs is 1. The number of aromatic nitrogens is 3. The summed E-state index contributed by atoms with van der Waals surface area (Å²) in [5.74, 6) is 0.383. The highest BCUT2D eigenvalue weighted by atomic mass is 35.5. The second kappa shape index (κ2) is 11.8. The van der Waals surface area contributed by atoms with E-state index >= 15 is 0 Å². The van der Waals surface area contributed by atoms with Crippen LogP contribution in [-0.4, -0.2) is 57.8 Å². The molecular formula is C26H30Cl3N5O3. The van der Waals surface area contributed by atoms with Crippen LogP contribution in [0.15, 0.2) is 48.5 Å². The van der Waals surface area contributed by atoms with E-state index in [-0.39, 0.29) is 42.2 Å². The first-order chi connectivity index (χ1) is 17.0. The smallest absolute Gasteiger partial charge is 0.337 e. The van der Waals surface area contributed by atoms with Gasteiger partial charge in [-0.25, -0.2) is 4.79 Å². The van der Waals surface area contributed by atoms with Crippen LogP contribution in [-0.2, 0) is 16.7 Å². The van der Waals surface area contributed by atoms with Gasteiger partial charge in [0.05, 0.1) is 12.7 Å². The monoisotopic (exact) mass is 565 g/mol. The Kier molecular flexibility index (Phi) is 9.23. The summed E-state index contributed by atoms with van der Waals surface area (Å²) in [6.45, 7) is 1.74. The molecule has 0 spiro atoms. The minimum atomic E-state index is -0.420. The number of methoxy groups -OCH3 is 1. The van der Waals surface area contributed by atoms with Gasteiger partial charge in [-0.2, -0.15) is 0 Å². The van der Waals surface area contributed by atoms with Crippen LogP contribution in [0.3, 0.4) is 0 Å². The molecule has 2 heterocycles. The van der Waals surface area contributed by atoms with Crippen LogP contribution in [0.25, 0.3) is 11.4 Å². The summed E-state index contributed by atoms with van der Waals surface area (Å²) in [5, 5.41) is 9.24. The third-order valence-electron chi connectivity index (χ3n) is 7.49. The quantitative estimate of drug-likeness (QED) is 0.456. The summed E-state index contributed by atoms with van der Waals surface area (Å²) in [5.41, 5.74) is 8.47. The van der Waals surface area contributed by atoms with Gasteiger partial charge in [0, 0.05) is 41.7 Å². The number of rotatable bonds is 5. The van der Waals surface area contributed by atoms with Crippen LogP contribution >= 0.6 is 36.4 Å². The fraction of sp³-hybridized carbons (Fsp3) is 0.385. The van der Waals surface area contributed by atoms with Crippen LogP contribution in [0.4, 0.5) is 0 Å². The number of halogens is 3. The minimum Gasteiger partial charge on any atom is -0.465 e. The molecule has 1 fully saturated rings. The molecule has 2 aromatic carbocycles. The Morgan fingerprint density at radius 2 is 1.78 bits per heavy atom. The average Bonchev–Trinajstić information content (AvgIpc) is 3.34. The molecule has 0 unspecified atom stereocenters. The van der Waals surface area contributed by atoms with E-state index in [0.29, 0.717) is 36.8 Å². The maximum absolute atomic E-state index is 13.4. The van der Waals surface area contributed by atoms with Gasteiger partial charge in [-0.15, -0.1) is 35.0 Å². The molecule has 2 N–H and O–H groups in total. The molecule has 1 aliphatic heterocycles. The highest BCUT2D eigenvalue weighted by molar-refractivity contribution is 6.30. The first-order valence-electron chi connectivity index (χ1n) is 11.8. The zero-order valence-corrected chi connectivity index (χ0v) is 22.8. The lowest BCUT2D eigenvalue weighted by Gasteiger charge is -2.44. The normalized spacial score (nSPS) is 20.9. The summed E-state index contributed by atoms with van der Waals surface area (Å²) in [6.07, 6.45) is 3.54. The van der Waals surface area contributed by atoms with Crippen molar-refractivity contribution in [3.63, 3.8) is 0 Å². The number of esters is 1. The molecule has 0 atom stereocenters. The zero-order chi connectivity index (χ0) is 24.6. The average molecular weight is 567 g/mol. The maximum Gasteiger partial charge on any atom is 0.337 e. The van der Waals surface area contributed by atoms with Gasteiger partial charge in [-0.3, -0.25) is 4.79 Å². The van der Waals surface area contributed by atoms with Crippen molar-refractivity contribution in [2.45, 2.75) is 43.7 Å². The van der Waals surface area contributed by atoms with Crippen LogP contribution < -0.4 is 5.73 Å². The molecule has 37 heavy (non-hydrogen) atoms. The van der Waals surface area contributed by atoms with Crippen molar-refractivity contribution in [2.24, 2.45) is 5.73 Å². The predicted octanol–water partition coefficient (Wildman–Crippen LogP) is 4.52. The van der Waals surface area contributed by atoms with Crippen molar-refractivity contribution < 1.29 is 14.3 Å². The molecule has 1 aromatic heterocycles. The van der Waals surface area contributed by atoms with Crippen LogP contribution in [0.2, 0.25) is 5.02 Å². The van der Waals surface area contributed by atoms with E-state index in [4.69, 9.17) is 22.1 Å². The Hall–Kier alpha value is -2.65. The van der Waals surface area contributed by atoms with Gasteiger partial charge >= 0.3 is 5.97 Å². The number of carbonyl (C=O) groups excluding carboxylic acids is 2. The number of hydrogen-bond donors (Lipinski definition) is 1. The van der Waals surface area contributed by atoms with E-state index in [1.54, 1.807) is 18.2 Å². The van der Waals surface area contributed by atoms with Crippen LogP contribution in [0.1, 0.15) is 52.2 Å². The van der Waals surface area contributed by atoms with E-state index in [1.807, 2.05) is 33.7 Å². The molecule has 1 amide bonds. The van der Waals surface area contributed by atoms with Crippen molar-refractivity contribution in [2.75, 3.05) is 20.2 Å². The Morgan fingerprint density at radius 1 is 1.08 bits per heavy atom. The number of ether oxygens (including phenoxy) is 1. The number of carbonyl (C=O) groups is 2. The summed E-state index contributed by atoms with van der Waals surface area (Å²) in [7, 11) is 1.35. The fourth-order valence-corrected chi connectivity index (χ4v) is 5.66. The van der Waals surface area contributed by atoms with Gasteiger partial charge in [0.1, 0.15) is 0 Å². The van der Waals surface area contributed by atoms with Gasteiger partial charge in [0.15, 0.2) is 5.82 Å². The number of nitrogens with two attached hydrogens (primary N) is 1. The molecule has 3 aromatic rings. The van der Waals surface area contributed by atoms with Crippen molar-refractivity contribution in [3.8, 4) is 11.4 Å². The standard InChI is InChI=1S/C26H28ClN5O3.2ClH/c1-35-25(34)18-5-2-4-17(14-18)22-29-30-23-24(33)31(12-13-32(22)23)21-8-10-26(16-28,11-9-21)19-6-3-7-20(27)15-19;;/h2-7,14-15,21H,8-13,16,28H2,1H3;2*1H/t21-,26+;;. The van der Waals surface area contributed by atoms with Crippen molar-refractivity contribution >= 4 is 48.3 Å². The largest absolute Gasteiger partial charge is 0.465 e. The van der Waals surface area contributed by atoms with Crippen molar-refractivity contribution in [1.29, 1.82) is 0 Å². The molecule has 11 heteroatoms. The molecule has 8 nitrogen and oxygen atoms in total. The van der Waals surface area contributed by atoms with Crippen molar-refractivity contribution in [1.82, 2.24) is 19.7 Å². The van der Waals surface area contributed by atoms with Gasteiger partial charge in [0.2, 0.25) is 5.82 Å². The molecule has 198 valence electrons. The topological polar surface area (TPSA) is 103 Å². The van der Waals surface area contributed by atoms with E-state index in [1.165, 1.54) is 12.7 Å². The molecule has 0 bridgehead atoms. The summed E-state index contributed by atoms with van der Waals surface area (Å²) in [6, 6.07) is 15.1. The molecule has 0 saturated heterocycles. The van der Waals surface area contributed by atoms with E-state index in [0.717, 1.165) is 36.3 Å². The lowest BCUT2D eigenvalue weighted by Crippen LogP contribution is -2.50. The van der Waals surface area contributed by atoms with Crippen LogP contribution in [0, 0.1) is 0 Å². The predicted molar refractivity (Wildman–Crippen MR) is 147 cm³/mol. The zero-order valence-electron chi connectivity index (χ0n) is 20.4. The van der Waals surface area contributed by atoms with Gasteiger partial charge in [0.25, 0.3) is 5.91 Å². The second-order valence-electron chi connectivity index (χ2n) is 9.30. The molecular weight excluding hydrogens is 537 g/mol. The van der Waals surface area contributed by atoms with Crippen molar-refractivity contribution in [3.05, 3.63) is 70.5 Å². The molecule has 1 aliphatic carbocycles. The van der Waals surface area contributed by atoms with E-state index < -0.39 is 5.97 Å². The molecule has 2 aliphatic rings. The molecule has 5 rings (SSSR count). The number of nitrogens with zero attached hydrogens (tertiary/aromatic N) is 4. The lowest BCUT2D eigenvalue weighted by atomic mass is 9.68. The Morgan fingerprint density at radius 3 is 2.46 bits per heavy atom. The first kappa shape index (κ1) is 28.9. The lowest BCUT2D eigenvalue weighted by molar-refractivity contribution is 0.0522. The highest BCUT2D eigenvalue weighted by Crippen LogP contribution is 2.41. The summed E-state index contributed by atoms with van der Waals surface area (Å²) in [4.78, 5) is 27.3. The third kappa shape index (κ3) is 5.34. The van der Waals surface area contributed by atoms with E-state index in [2.05, 4.69) is 16.3 Å².